The zero-order valence-electron chi connectivity index (χ0n) is 41.0. The first-order chi connectivity index (χ1) is 32.2. The molecule has 11 nitrogen and oxygen atoms in total. The molecule has 0 bridgehead atoms. The second-order valence-electron chi connectivity index (χ2n) is 19.9. The van der Waals surface area contributed by atoms with Crippen LogP contribution >= 0.6 is 22.7 Å². The van der Waals surface area contributed by atoms with Gasteiger partial charge < -0.3 is 25.1 Å². The van der Waals surface area contributed by atoms with Crippen LogP contribution in [0.5, 0.6) is 0 Å². The van der Waals surface area contributed by atoms with Crippen LogP contribution < -0.4 is 16.4 Å². The number of piperidine rings is 2. The van der Waals surface area contributed by atoms with Crippen LogP contribution in [0.25, 0.3) is 0 Å². The van der Waals surface area contributed by atoms with E-state index in [1.54, 1.807) is 0 Å². The summed E-state index contributed by atoms with van der Waals surface area (Å²) in [7, 11) is 0. The fraction of sp³-hybridized carbons (Fsp3) is 0.537. The largest absolute Gasteiger partial charge is 0.334 e. The standard InChI is InChI=1S/C30H38N4O2S.C24H33N3O2S/c1-19-16-20(2)32-29(35)25(19)18-34-13-7-9-26-27(30(34)36)22(4)28(37-26)21(3)23-10-14-33(15-11-23)17-24-8-5-6-12-31-24;1-14-12-15(2)26-23(28)19(14)13-27-11-5-6-20-21(24(27)29)17(4)22(30-20)16(3)18-7-9-25-10-8-18/h5-6,8,12,16,21,23H,7,9-11,13-15,17-18H2,1-4H3,(H,32,35);12,16,18,25H,5-11,13H2,1-4H3,(H,26,28)/t21-;16-/m11/s1. The summed E-state index contributed by atoms with van der Waals surface area (Å²) < 4.78 is 0. The molecule has 9 rings (SSSR count). The zero-order chi connectivity index (χ0) is 47.5. The molecule has 0 unspecified atom stereocenters. The molecule has 2 atom stereocenters. The maximum absolute atomic E-state index is 13.8. The summed E-state index contributed by atoms with van der Waals surface area (Å²) in [5.41, 5.74) is 10.1. The molecule has 4 aliphatic heterocycles. The third-order valence-corrected chi connectivity index (χ3v) is 18.3. The number of pyridine rings is 3. The lowest BCUT2D eigenvalue weighted by Gasteiger charge is -2.34. The van der Waals surface area contributed by atoms with Crippen molar-refractivity contribution in [3.8, 4) is 0 Å². The predicted molar refractivity (Wildman–Crippen MR) is 272 cm³/mol. The van der Waals surface area contributed by atoms with E-state index in [9.17, 15) is 19.2 Å². The van der Waals surface area contributed by atoms with E-state index >= 15 is 0 Å². The van der Waals surface area contributed by atoms with Gasteiger partial charge in [0.2, 0.25) is 0 Å². The van der Waals surface area contributed by atoms with Crippen LogP contribution in [0.15, 0.2) is 46.1 Å². The van der Waals surface area contributed by atoms with Crippen LogP contribution in [-0.2, 0) is 32.5 Å². The zero-order valence-corrected chi connectivity index (χ0v) is 42.7. The molecule has 5 aromatic heterocycles. The van der Waals surface area contributed by atoms with Crippen molar-refractivity contribution in [2.75, 3.05) is 39.3 Å². The minimum atomic E-state index is -0.0829. The first kappa shape index (κ1) is 48.8. The van der Waals surface area contributed by atoms with Crippen LogP contribution in [0.4, 0.5) is 0 Å². The number of likely N-dealkylation sites (tertiary alicyclic amines) is 1. The van der Waals surface area contributed by atoms with E-state index in [1.807, 2.05) is 84.6 Å². The molecule has 13 heteroatoms. The molecule has 0 radical (unpaired) electrons. The van der Waals surface area contributed by atoms with Crippen molar-refractivity contribution < 1.29 is 9.59 Å². The highest BCUT2D eigenvalue weighted by Crippen LogP contribution is 2.43. The quantitative estimate of drug-likeness (QED) is 0.127. The molecular formula is C54H71N7O4S2. The van der Waals surface area contributed by atoms with Gasteiger partial charge in [-0.3, -0.25) is 29.1 Å². The monoisotopic (exact) mass is 946 g/mol. The van der Waals surface area contributed by atoms with Crippen LogP contribution in [-0.4, -0.2) is 80.7 Å². The number of amides is 2. The number of fused-ring (bicyclic) bond motifs is 2. The van der Waals surface area contributed by atoms with Gasteiger partial charge in [0.15, 0.2) is 0 Å². The molecule has 5 aromatic rings. The van der Waals surface area contributed by atoms with Gasteiger partial charge in [-0.1, -0.05) is 19.9 Å². The van der Waals surface area contributed by atoms with E-state index in [-0.39, 0.29) is 22.9 Å². The number of H-pyrrole nitrogens is 2. The molecule has 2 amide bonds. The van der Waals surface area contributed by atoms with E-state index in [2.05, 4.69) is 65.0 Å². The molecule has 4 aliphatic rings. The summed E-state index contributed by atoms with van der Waals surface area (Å²) in [6.07, 6.45) is 10.4. The van der Waals surface area contributed by atoms with E-state index in [4.69, 9.17) is 0 Å². The van der Waals surface area contributed by atoms with Gasteiger partial charge in [0.05, 0.1) is 29.9 Å². The lowest BCUT2D eigenvalue weighted by molar-refractivity contribution is 0.0740. The second-order valence-corrected chi connectivity index (χ2v) is 22.2. The van der Waals surface area contributed by atoms with Gasteiger partial charge in [-0.15, -0.1) is 22.7 Å². The Kier molecular flexibility index (Phi) is 15.5. The summed E-state index contributed by atoms with van der Waals surface area (Å²) >= 11 is 3.72. The maximum atomic E-state index is 13.8. The number of thiophene rings is 2. The highest BCUT2D eigenvalue weighted by molar-refractivity contribution is 7.13. The Hall–Kier alpha value is -4.69. The summed E-state index contributed by atoms with van der Waals surface area (Å²) in [5, 5.41) is 3.46. The van der Waals surface area contributed by atoms with Crippen molar-refractivity contribution in [3.63, 3.8) is 0 Å². The molecule has 3 N–H and O–H groups in total. The van der Waals surface area contributed by atoms with Crippen LogP contribution in [0.2, 0.25) is 0 Å². The van der Waals surface area contributed by atoms with E-state index < -0.39 is 0 Å². The summed E-state index contributed by atoms with van der Waals surface area (Å²) in [5.74, 6) is 2.43. The molecule has 2 saturated heterocycles. The molecule has 0 aliphatic carbocycles. The summed E-state index contributed by atoms with van der Waals surface area (Å²) in [6, 6.07) is 10.1. The first-order valence-electron chi connectivity index (χ1n) is 24.7. The molecule has 358 valence electrons. The van der Waals surface area contributed by atoms with Gasteiger partial charge in [-0.2, -0.15) is 0 Å². The predicted octanol–water partition coefficient (Wildman–Crippen LogP) is 9.41. The topological polar surface area (TPSA) is 134 Å². The molecule has 9 heterocycles. The Morgan fingerprint density at radius 3 is 1.57 bits per heavy atom. The van der Waals surface area contributed by atoms with Crippen molar-refractivity contribution in [2.24, 2.45) is 11.8 Å². The average molecular weight is 946 g/mol. The fourth-order valence-electron chi connectivity index (χ4n) is 11.3. The summed E-state index contributed by atoms with van der Waals surface area (Å²) in [6.45, 7) is 24.1. The van der Waals surface area contributed by atoms with Gasteiger partial charge in [-0.05, 0) is 189 Å². The van der Waals surface area contributed by atoms with Gasteiger partial charge in [0.1, 0.15) is 0 Å². The van der Waals surface area contributed by atoms with Gasteiger partial charge >= 0.3 is 0 Å². The first-order valence-corrected chi connectivity index (χ1v) is 26.4. The number of nitrogens with one attached hydrogen (secondary N) is 3. The number of nitrogens with zero attached hydrogens (tertiary/aromatic N) is 4. The second kappa shape index (κ2) is 21.3. The maximum Gasteiger partial charge on any atom is 0.255 e. The number of carbonyl (C=O) groups excluding carboxylic acids is 2. The van der Waals surface area contributed by atoms with Crippen molar-refractivity contribution in [1.29, 1.82) is 0 Å². The number of carbonyl (C=O) groups is 2. The molecule has 0 saturated carbocycles. The Balaban J connectivity index is 0.000000186. The number of aryl methyl sites for hydroxylation is 6. The van der Waals surface area contributed by atoms with Gasteiger partial charge in [-0.25, -0.2) is 0 Å². The molecule has 0 aromatic carbocycles. The molecule has 2 fully saturated rings. The summed E-state index contributed by atoms with van der Waals surface area (Å²) in [4.78, 5) is 74.3. The van der Waals surface area contributed by atoms with Crippen LogP contribution in [0, 0.1) is 53.4 Å². The van der Waals surface area contributed by atoms with Crippen molar-refractivity contribution in [1.82, 2.24) is 35.0 Å². The van der Waals surface area contributed by atoms with E-state index in [0.29, 0.717) is 61.0 Å². The Morgan fingerprint density at radius 1 is 0.642 bits per heavy atom. The third kappa shape index (κ3) is 10.8. The highest BCUT2D eigenvalue weighted by Gasteiger charge is 2.35. The highest BCUT2D eigenvalue weighted by atomic mass is 32.1. The number of rotatable bonds is 10. The average Bonchev–Trinajstić information content (AvgIpc) is 3.69. The SMILES string of the molecule is Cc1cc(C)c(CN2CCCc3sc([C@H](C)C4CCN(Cc5ccccn5)CC4)c(C)c3C2=O)c(=O)[nH]1.Cc1cc(C)c(CN2CCCc3sc([C@H](C)C4CCNCC4)c(C)c3C2=O)c(=O)[nH]1. The number of aromatic amines is 2. The van der Waals surface area contributed by atoms with Crippen molar-refractivity contribution >= 4 is 34.5 Å². The molecule has 0 spiro atoms. The van der Waals surface area contributed by atoms with Crippen LogP contribution in [0.1, 0.15) is 155 Å². The van der Waals surface area contributed by atoms with Crippen molar-refractivity contribution in [2.45, 2.75) is 138 Å². The Morgan fingerprint density at radius 2 is 1.12 bits per heavy atom. The van der Waals surface area contributed by atoms with Crippen LogP contribution in [0.3, 0.4) is 0 Å². The lowest BCUT2D eigenvalue weighted by atomic mass is 9.83. The Labute approximate surface area is 404 Å². The van der Waals surface area contributed by atoms with Gasteiger partial charge in [0.25, 0.3) is 22.9 Å². The molecule has 67 heavy (non-hydrogen) atoms. The Bertz CT molecular complexity index is 2690. The number of hydrogen-bond donors (Lipinski definition) is 3. The van der Waals surface area contributed by atoms with Gasteiger partial charge in [0, 0.05) is 67.9 Å². The van der Waals surface area contributed by atoms with Crippen molar-refractivity contribution in [3.05, 3.63) is 138 Å². The van der Waals surface area contributed by atoms with E-state index in [0.717, 1.165) is 103 Å². The lowest BCUT2D eigenvalue weighted by Crippen LogP contribution is -2.35. The van der Waals surface area contributed by atoms with E-state index in [1.165, 1.54) is 50.8 Å². The number of hydrogen-bond acceptors (Lipinski definition) is 9. The number of aromatic nitrogens is 3. The molecular weight excluding hydrogens is 875 g/mol. The minimum absolute atomic E-state index is 0.0768. The smallest absolute Gasteiger partial charge is 0.255 e. The minimum Gasteiger partial charge on any atom is -0.334 e. The third-order valence-electron chi connectivity index (χ3n) is 15.2. The normalized spacial score (nSPS) is 18.4. The fourth-order valence-corrected chi connectivity index (χ4v) is 14.3.